The highest BCUT2D eigenvalue weighted by Gasteiger charge is 2.10. The van der Waals surface area contributed by atoms with E-state index in [1.165, 1.54) is 41.2 Å². The van der Waals surface area contributed by atoms with E-state index in [1.807, 2.05) is 0 Å². The molecule has 0 saturated carbocycles. The molecule has 1 heterocycles. The van der Waals surface area contributed by atoms with Crippen LogP contribution in [-0.4, -0.2) is 34.2 Å². The third kappa shape index (κ3) is 4.30. The fourth-order valence-electron chi connectivity index (χ4n) is 2.58. The lowest BCUT2D eigenvalue weighted by molar-refractivity contribution is -0.384. The Morgan fingerprint density at radius 1 is 1.21 bits per heavy atom. The molecule has 3 rings (SSSR count). The molecule has 2 amide bonds. The van der Waals surface area contributed by atoms with Crippen LogP contribution in [0.3, 0.4) is 0 Å². The summed E-state index contributed by atoms with van der Waals surface area (Å²) in [6.45, 7) is 0.736. The minimum absolute atomic E-state index is 0.133. The van der Waals surface area contributed by atoms with Gasteiger partial charge in [-0.05, 0) is 24.3 Å². The molecule has 0 fully saturated rings. The Kier molecular flexibility index (Phi) is 5.61. The molecule has 28 heavy (non-hydrogen) atoms. The zero-order valence-electron chi connectivity index (χ0n) is 14.9. The summed E-state index contributed by atoms with van der Waals surface area (Å²) in [5.41, 5.74) is 0.786. The molecule has 3 aromatic rings. The number of non-ortho nitro benzene ring substituents is 1. The van der Waals surface area contributed by atoms with Gasteiger partial charge >= 0.3 is 6.03 Å². The van der Waals surface area contributed by atoms with Gasteiger partial charge < -0.3 is 15.4 Å². The standard InChI is InChI=1S/C18H17N5O5/c1-28-8-7-22-11-19-16-6-5-13(10-15(16)17(22)24)21-18(25)20-12-3-2-4-14(9-12)23(26)27/h2-6,9-11H,7-8H2,1H3,(H2,20,21,25). The number of fused-ring (bicyclic) bond motifs is 1. The Bertz CT molecular complexity index is 1100. The number of nitro groups is 1. The first-order valence-corrected chi connectivity index (χ1v) is 8.28. The van der Waals surface area contributed by atoms with Crippen molar-refractivity contribution >= 4 is 34.0 Å². The summed E-state index contributed by atoms with van der Waals surface area (Å²) in [5, 5.41) is 16.3. The number of nitrogens with one attached hydrogen (secondary N) is 2. The molecule has 2 N–H and O–H groups in total. The summed E-state index contributed by atoms with van der Waals surface area (Å²) < 4.78 is 6.40. The average molecular weight is 383 g/mol. The van der Waals surface area contributed by atoms with Gasteiger partial charge in [0.25, 0.3) is 11.2 Å². The SMILES string of the molecule is COCCn1cnc2ccc(NC(=O)Nc3cccc([N+](=O)[O-])c3)cc2c1=O. The fraction of sp³-hybridized carbons (Fsp3) is 0.167. The van der Waals surface area contributed by atoms with Crippen LogP contribution < -0.4 is 16.2 Å². The zero-order chi connectivity index (χ0) is 20.1. The molecule has 10 nitrogen and oxygen atoms in total. The molecule has 0 atom stereocenters. The average Bonchev–Trinajstić information content (AvgIpc) is 2.68. The van der Waals surface area contributed by atoms with Crippen molar-refractivity contribution < 1.29 is 14.5 Å². The number of nitrogens with zero attached hydrogens (tertiary/aromatic N) is 3. The molecule has 0 radical (unpaired) electrons. The van der Waals surface area contributed by atoms with Gasteiger partial charge in [0.2, 0.25) is 0 Å². The number of aromatic nitrogens is 2. The van der Waals surface area contributed by atoms with Gasteiger partial charge in [0.05, 0.1) is 35.3 Å². The van der Waals surface area contributed by atoms with Crippen LogP contribution in [0, 0.1) is 10.1 Å². The Labute approximate surface area is 158 Å². The Morgan fingerprint density at radius 3 is 2.68 bits per heavy atom. The number of rotatable bonds is 6. The van der Waals surface area contributed by atoms with E-state index in [9.17, 15) is 19.7 Å². The zero-order valence-corrected chi connectivity index (χ0v) is 14.9. The third-order valence-corrected chi connectivity index (χ3v) is 3.93. The molecule has 0 spiro atoms. The van der Waals surface area contributed by atoms with Gasteiger partial charge in [0, 0.05) is 30.6 Å². The second kappa shape index (κ2) is 8.27. The molecule has 2 aromatic carbocycles. The Hall–Kier alpha value is -3.79. The molecule has 0 saturated heterocycles. The first-order valence-electron chi connectivity index (χ1n) is 8.28. The number of amides is 2. The van der Waals surface area contributed by atoms with E-state index in [-0.39, 0.29) is 16.9 Å². The van der Waals surface area contributed by atoms with E-state index in [2.05, 4.69) is 15.6 Å². The summed E-state index contributed by atoms with van der Waals surface area (Å²) in [5.74, 6) is 0. The fourth-order valence-corrected chi connectivity index (χ4v) is 2.58. The van der Waals surface area contributed by atoms with Gasteiger partial charge in [-0.3, -0.25) is 19.5 Å². The van der Waals surface area contributed by atoms with Crippen LogP contribution in [-0.2, 0) is 11.3 Å². The first kappa shape index (κ1) is 19.0. The predicted molar refractivity (Wildman–Crippen MR) is 104 cm³/mol. The molecule has 0 aliphatic carbocycles. The molecule has 0 bridgehead atoms. The smallest absolute Gasteiger partial charge is 0.323 e. The second-order valence-corrected chi connectivity index (χ2v) is 5.85. The first-order chi connectivity index (χ1) is 13.5. The quantitative estimate of drug-likeness (QED) is 0.497. The third-order valence-electron chi connectivity index (χ3n) is 3.93. The van der Waals surface area contributed by atoms with Crippen LogP contribution in [0.2, 0.25) is 0 Å². The minimum Gasteiger partial charge on any atom is -0.383 e. The van der Waals surface area contributed by atoms with Crippen LogP contribution >= 0.6 is 0 Å². The number of nitro benzene ring substituents is 1. The topological polar surface area (TPSA) is 128 Å². The van der Waals surface area contributed by atoms with Crippen LogP contribution in [0.25, 0.3) is 10.9 Å². The number of methoxy groups -OCH3 is 1. The van der Waals surface area contributed by atoms with E-state index in [0.29, 0.717) is 29.7 Å². The van der Waals surface area contributed by atoms with E-state index in [0.717, 1.165) is 0 Å². The lowest BCUT2D eigenvalue weighted by Gasteiger charge is -2.09. The molecular weight excluding hydrogens is 366 g/mol. The number of hydrogen-bond acceptors (Lipinski definition) is 6. The highest BCUT2D eigenvalue weighted by molar-refractivity contribution is 6.01. The van der Waals surface area contributed by atoms with Crippen molar-refractivity contribution in [2.75, 3.05) is 24.4 Å². The maximum absolute atomic E-state index is 12.5. The van der Waals surface area contributed by atoms with Gasteiger partial charge in [0.15, 0.2) is 0 Å². The van der Waals surface area contributed by atoms with Crippen LogP contribution in [0.5, 0.6) is 0 Å². The van der Waals surface area contributed by atoms with E-state index < -0.39 is 11.0 Å². The highest BCUT2D eigenvalue weighted by atomic mass is 16.6. The summed E-state index contributed by atoms with van der Waals surface area (Å²) >= 11 is 0. The Morgan fingerprint density at radius 2 is 1.96 bits per heavy atom. The maximum atomic E-state index is 12.5. The molecule has 0 aliphatic rings. The lowest BCUT2D eigenvalue weighted by atomic mass is 10.2. The molecule has 144 valence electrons. The van der Waals surface area contributed by atoms with Crippen molar-refractivity contribution in [1.29, 1.82) is 0 Å². The number of urea groups is 1. The van der Waals surface area contributed by atoms with Crippen molar-refractivity contribution in [2.45, 2.75) is 6.54 Å². The molecule has 0 unspecified atom stereocenters. The summed E-state index contributed by atoms with van der Waals surface area (Å²) in [6.07, 6.45) is 1.45. The van der Waals surface area contributed by atoms with E-state index in [4.69, 9.17) is 4.74 Å². The summed E-state index contributed by atoms with van der Waals surface area (Å²) in [4.78, 5) is 39.2. The largest absolute Gasteiger partial charge is 0.383 e. The summed E-state index contributed by atoms with van der Waals surface area (Å²) in [6, 6.07) is 9.75. The number of benzene rings is 2. The van der Waals surface area contributed by atoms with Gasteiger partial charge in [-0.25, -0.2) is 9.78 Å². The number of carbonyl (C=O) groups is 1. The number of carbonyl (C=O) groups excluding carboxylic acids is 1. The van der Waals surface area contributed by atoms with Crippen molar-refractivity contribution in [1.82, 2.24) is 9.55 Å². The second-order valence-electron chi connectivity index (χ2n) is 5.85. The van der Waals surface area contributed by atoms with Crippen LogP contribution in [0.4, 0.5) is 21.9 Å². The predicted octanol–water partition coefficient (Wildman–Crippen LogP) is 2.60. The Balaban J connectivity index is 1.79. The number of hydrogen-bond donors (Lipinski definition) is 2. The van der Waals surface area contributed by atoms with Crippen molar-refractivity contribution in [3.8, 4) is 0 Å². The monoisotopic (exact) mass is 383 g/mol. The van der Waals surface area contributed by atoms with Crippen molar-refractivity contribution in [3.63, 3.8) is 0 Å². The molecule has 10 heteroatoms. The van der Waals surface area contributed by atoms with Crippen LogP contribution in [0.1, 0.15) is 0 Å². The van der Waals surface area contributed by atoms with Gasteiger partial charge in [0.1, 0.15) is 0 Å². The molecule has 1 aromatic heterocycles. The van der Waals surface area contributed by atoms with E-state index >= 15 is 0 Å². The number of anilines is 2. The van der Waals surface area contributed by atoms with Gasteiger partial charge in [-0.2, -0.15) is 0 Å². The van der Waals surface area contributed by atoms with Gasteiger partial charge in [-0.15, -0.1) is 0 Å². The molecular formula is C18H17N5O5. The maximum Gasteiger partial charge on any atom is 0.323 e. The van der Waals surface area contributed by atoms with E-state index in [1.54, 1.807) is 19.2 Å². The number of ether oxygens (including phenoxy) is 1. The summed E-state index contributed by atoms with van der Waals surface area (Å²) in [7, 11) is 1.54. The minimum atomic E-state index is -0.594. The van der Waals surface area contributed by atoms with Crippen molar-refractivity contribution in [3.05, 3.63) is 69.3 Å². The van der Waals surface area contributed by atoms with Crippen LogP contribution in [0.15, 0.2) is 53.6 Å². The van der Waals surface area contributed by atoms with Gasteiger partial charge in [-0.1, -0.05) is 6.07 Å². The normalized spacial score (nSPS) is 10.6. The lowest BCUT2D eigenvalue weighted by Crippen LogP contribution is -2.23. The molecule has 0 aliphatic heterocycles. The highest BCUT2D eigenvalue weighted by Crippen LogP contribution is 2.18. The van der Waals surface area contributed by atoms with Crippen molar-refractivity contribution in [2.24, 2.45) is 0 Å².